The van der Waals surface area contributed by atoms with Crippen LogP contribution in [0.5, 0.6) is 0 Å². The Morgan fingerprint density at radius 3 is 2.74 bits per heavy atom. The molecule has 0 aromatic carbocycles. The summed E-state index contributed by atoms with van der Waals surface area (Å²) in [6.45, 7) is 5.11. The fourth-order valence-corrected chi connectivity index (χ4v) is 2.87. The summed E-state index contributed by atoms with van der Waals surface area (Å²) in [5.41, 5.74) is 0. The van der Waals surface area contributed by atoms with Gasteiger partial charge < -0.3 is 15.3 Å². The number of nitrogens with zero attached hydrogens (tertiary/aromatic N) is 1. The van der Waals surface area contributed by atoms with E-state index in [1.54, 1.807) is 0 Å². The fraction of sp³-hybridized carbons (Fsp3) is 0.857. The van der Waals surface area contributed by atoms with Crippen LogP contribution in [0.1, 0.15) is 39.0 Å². The van der Waals surface area contributed by atoms with E-state index in [1.807, 2.05) is 0 Å². The van der Waals surface area contributed by atoms with Gasteiger partial charge in [0.15, 0.2) is 0 Å². The molecule has 0 radical (unpaired) electrons. The number of rotatable bonds is 6. The SMILES string of the molecule is CC1CCCCN1CCCNC(=O)[C@@H]1C[C@@H]1C(=O)O. The van der Waals surface area contributed by atoms with Crippen LogP contribution < -0.4 is 5.32 Å². The molecule has 1 aliphatic heterocycles. The maximum Gasteiger partial charge on any atom is 0.307 e. The zero-order valence-corrected chi connectivity index (χ0v) is 11.6. The van der Waals surface area contributed by atoms with E-state index in [0.29, 0.717) is 19.0 Å². The van der Waals surface area contributed by atoms with Crippen LogP contribution in [0, 0.1) is 11.8 Å². The Balaban J connectivity index is 1.57. The zero-order valence-electron chi connectivity index (χ0n) is 11.6. The number of likely N-dealkylation sites (tertiary alicyclic amines) is 1. The number of carboxylic acids is 1. The van der Waals surface area contributed by atoms with Crippen molar-refractivity contribution in [1.82, 2.24) is 10.2 Å². The van der Waals surface area contributed by atoms with Crippen molar-refractivity contribution < 1.29 is 14.7 Å². The molecule has 108 valence electrons. The lowest BCUT2D eigenvalue weighted by atomic mass is 10.0. The number of piperidine rings is 1. The van der Waals surface area contributed by atoms with Gasteiger partial charge in [0.05, 0.1) is 11.8 Å². The highest BCUT2D eigenvalue weighted by Gasteiger charge is 2.48. The van der Waals surface area contributed by atoms with Crippen molar-refractivity contribution in [3.8, 4) is 0 Å². The van der Waals surface area contributed by atoms with Crippen molar-refractivity contribution in [2.45, 2.75) is 45.1 Å². The number of amides is 1. The van der Waals surface area contributed by atoms with Crippen molar-refractivity contribution in [2.75, 3.05) is 19.6 Å². The summed E-state index contributed by atoms with van der Waals surface area (Å²) >= 11 is 0. The Hall–Kier alpha value is -1.10. The smallest absolute Gasteiger partial charge is 0.307 e. The molecule has 0 aromatic rings. The molecule has 1 saturated heterocycles. The summed E-state index contributed by atoms with van der Waals surface area (Å²) in [7, 11) is 0. The normalized spacial score (nSPS) is 30.9. The molecule has 3 atom stereocenters. The second kappa shape index (κ2) is 6.37. The highest BCUT2D eigenvalue weighted by molar-refractivity contribution is 5.89. The van der Waals surface area contributed by atoms with Crippen molar-refractivity contribution in [3.63, 3.8) is 0 Å². The molecule has 2 fully saturated rings. The molecule has 2 aliphatic rings. The van der Waals surface area contributed by atoms with Crippen LogP contribution in [0.3, 0.4) is 0 Å². The first-order chi connectivity index (χ1) is 9.09. The van der Waals surface area contributed by atoms with E-state index in [4.69, 9.17) is 5.11 Å². The van der Waals surface area contributed by atoms with Crippen LogP contribution in [-0.4, -0.2) is 47.6 Å². The van der Waals surface area contributed by atoms with E-state index >= 15 is 0 Å². The highest BCUT2D eigenvalue weighted by Crippen LogP contribution is 2.38. The first-order valence-corrected chi connectivity index (χ1v) is 7.34. The van der Waals surface area contributed by atoms with E-state index in [2.05, 4.69) is 17.1 Å². The average molecular weight is 268 g/mol. The molecule has 1 amide bonds. The van der Waals surface area contributed by atoms with E-state index in [9.17, 15) is 9.59 Å². The van der Waals surface area contributed by atoms with E-state index in [-0.39, 0.29) is 11.8 Å². The maximum atomic E-state index is 11.6. The summed E-state index contributed by atoms with van der Waals surface area (Å²) in [5.74, 6) is -1.66. The molecule has 1 aliphatic carbocycles. The number of carboxylic acid groups (broad SMARTS) is 1. The number of hydrogen-bond acceptors (Lipinski definition) is 3. The third-order valence-electron chi connectivity index (χ3n) is 4.31. The summed E-state index contributed by atoms with van der Waals surface area (Å²) in [5, 5.41) is 11.6. The Morgan fingerprint density at radius 2 is 2.11 bits per heavy atom. The first kappa shape index (κ1) is 14.3. The Kier molecular flexibility index (Phi) is 4.80. The van der Waals surface area contributed by atoms with Crippen LogP contribution in [0.4, 0.5) is 0 Å². The van der Waals surface area contributed by atoms with Crippen molar-refractivity contribution in [1.29, 1.82) is 0 Å². The highest BCUT2D eigenvalue weighted by atomic mass is 16.4. The summed E-state index contributed by atoms with van der Waals surface area (Å²) in [6.07, 6.45) is 5.32. The summed E-state index contributed by atoms with van der Waals surface area (Å²) in [6, 6.07) is 0.657. The third kappa shape index (κ3) is 3.93. The molecular weight excluding hydrogens is 244 g/mol. The molecular formula is C14H24N2O3. The molecule has 1 heterocycles. The van der Waals surface area contributed by atoms with Gasteiger partial charge in [0, 0.05) is 19.1 Å². The molecule has 5 heteroatoms. The minimum Gasteiger partial charge on any atom is -0.481 e. The Morgan fingerprint density at radius 1 is 1.32 bits per heavy atom. The Labute approximate surface area is 114 Å². The molecule has 5 nitrogen and oxygen atoms in total. The van der Waals surface area contributed by atoms with Gasteiger partial charge in [-0.05, 0) is 39.2 Å². The topological polar surface area (TPSA) is 69.6 Å². The Bertz CT molecular complexity index is 346. The predicted molar refractivity (Wildman–Crippen MR) is 71.7 cm³/mol. The number of carbonyl (C=O) groups excluding carboxylic acids is 1. The van der Waals surface area contributed by atoms with Gasteiger partial charge in [0.2, 0.25) is 5.91 Å². The van der Waals surface area contributed by atoms with Gasteiger partial charge >= 0.3 is 5.97 Å². The lowest BCUT2D eigenvalue weighted by Gasteiger charge is -2.33. The minimum atomic E-state index is -0.845. The van der Waals surface area contributed by atoms with E-state index in [0.717, 1.165) is 13.0 Å². The molecule has 1 unspecified atom stereocenters. The van der Waals surface area contributed by atoms with Gasteiger partial charge in [0.1, 0.15) is 0 Å². The number of carbonyl (C=O) groups is 2. The maximum absolute atomic E-state index is 11.6. The van der Waals surface area contributed by atoms with Gasteiger partial charge in [0.25, 0.3) is 0 Å². The molecule has 2 rings (SSSR count). The monoisotopic (exact) mass is 268 g/mol. The van der Waals surface area contributed by atoms with Gasteiger partial charge in [-0.3, -0.25) is 9.59 Å². The van der Waals surface area contributed by atoms with Crippen molar-refractivity contribution >= 4 is 11.9 Å². The predicted octanol–water partition coefficient (Wildman–Crippen LogP) is 1.09. The average Bonchev–Trinajstić information content (AvgIpc) is 3.16. The first-order valence-electron chi connectivity index (χ1n) is 7.34. The van der Waals surface area contributed by atoms with Crippen LogP contribution in [0.2, 0.25) is 0 Å². The molecule has 0 aromatic heterocycles. The molecule has 2 N–H and O–H groups in total. The second-order valence-corrected chi connectivity index (χ2v) is 5.81. The van der Waals surface area contributed by atoms with E-state index in [1.165, 1.54) is 25.8 Å². The number of aliphatic carboxylic acids is 1. The third-order valence-corrected chi connectivity index (χ3v) is 4.31. The molecule has 0 bridgehead atoms. The number of hydrogen-bond donors (Lipinski definition) is 2. The van der Waals surface area contributed by atoms with Gasteiger partial charge in [-0.15, -0.1) is 0 Å². The molecule has 0 spiro atoms. The second-order valence-electron chi connectivity index (χ2n) is 5.81. The summed E-state index contributed by atoms with van der Waals surface area (Å²) < 4.78 is 0. The zero-order chi connectivity index (χ0) is 13.8. The molecule has 1 saturated carbocycles. The largest absolute Gasteiger partial charge is 0.481 e. The van der Waals surface area contributed by atoms with Crippen molar-refractivity contribution in [3.05, 3.63) is 0 Å². The standard InChI is InChI=1S/C14H24N2O3/c1-10-5-2-3-7-16(10)8-4-6-15-13(17)11-9-12(11)14(18)19/h10-12H,2-9H2,1H3,(H,15,17)(H,18,19)/t10?,11-,12+/m1/s1. The van der Waals surface area contributed by atoms with Gasteiger partial charge in [-0.25, -0.2) is 0 Å². The van der Waals surface area contributed by atoms with Crippen LogP contribution in [-0.2, 0) is 9.59 Å². The van der Waals surface area contributed by atoms with Crippen LogP contribution in [0.15, 0.2) is 0 Å². The minimum absolute atomic E-state index is 0.0842. The van der Waals surface area contributed by atoms with Crippen molar-refractivity contribution in [2.24, 2.45) is 11.8 Å². The van der Waals surface area contributed by atoms with Gasteiger partial charge in [-0.1, -0.05) is 6.42 Å². The summed E-state index contributed by atoms with van der Waals surface area (Å²) in [4.78, 5) is 24.8. The van der Waals surface area contributed by atoms with Gasteiger partial charge in [-0.2, -0.15) is 0 Å². The lowest BCUT2D eigenvalue weighted by Crippen LogP contribution is -2.39. The van der Waals surface area contributed by atoms with Crippen LogP contribution >= 0.6 is 0 Å². The van der Waals surface area contributed by atoms with Crippen LogP contribution in [0.25, 0.3) is 0 Å². The fourth-order valence-electron chi connectivity index (χ4n) is 2.87. The van der Waals surface area contributed by atoms with E-state index < -0.39 is 11.9 Å². The lowest BCUT2D eigenvalue weighted by molar-refractivity contribution is -0.140. The molecule has 19 heavy (non-hydrogen) atoms. The number of nitrogens with one attached hydrogen (secondary N) is 1. The quantitative estimate of drug-likeness (QED) is 0.707.